The SMILES string of the molecule is CCOC(=O)C(Cc1ccc2cc(-c3c(Cl)cccc3Cl)ccc2c1)NC(C)=O. The molecule has 0 saturated heterocycles. The molecule has 0 aliphatic carbocycles. The van der Waals surface area contributed by atoms with Crippen molar-refractivity contribution in [3.05, 3.63) is 70.2 Å². The molecule has 4 nitrogen and oxygen atoms in total. The van der Waals surface area contributed by atoms with Crippen LogP contribution < -0.4 is 5.32 Å². The molecule has 0 radical (unpaired) electrons. The van der Waals surface area contributed by atoms with Crippen LogP contribution >= 0.6 is 23.2 Å². The molecule has 29 heavy (non-hydrogen) atoms. The van der Waals surface area contributed by atoms with Gasteiger partial charge in [0.25, 0.3) is 0 Å². The lowest BCUT2D eigenvalue weighted by molar-refractivity contribution is -0.147. The van der Waals surface area contributed by atoms with Crippen molar-refractivity contribution in [1.82, 2.24) is 5.32 Å². The zero-order valence-corrected chi connectivity index (χ0v) is 17.7. The van der Waals surface area contributed by atoms with E-state index in [9.17, 15) is 9.59 Å². The maximum Gasteiger partial charge on any atom is 0.328 e. The first-order chi connectivity index (χ1) is 13.9. The number of ether oxygens (including phenoxy) is 1. The van der Waals surface area contributed by atoms with E-state index in [0.717, 1.165) is 27.5 Å². The molecule has 0 fully saturated rings. The van der Waals surface area contributed by atoms with Gasteiger partial charge < -0.3 is 10.1 Å². The van der Waals surface area contributed by atoms with Crippen molar-refractivity contribution in [3.63, 3.8) is 0 Å². The summed E-state index contributed by atoms with van der Waals surface area (Å²) in [4.78, 5) is 23.6. The van der Waals surface area contributed by atoms with E-state index >= 15 is 0 Å². The standard InChI is InChI=1S/C23H21Cl2NO3/c1-3-29-23(28)21(26-14(2)27)12-15-7-8-17-13-18(10-9-16(17)11-15)22-19(24)5-4-6-20(22)25/h4-11,13,21H,3,12H2,1-2H3,(H,26,27). The van der Waals surface area contributed by atoms with Crippen molar-refractivity contribution in [2.45, 2.75) is 26.3 Å². The smallest absolute Gasteiger partial charge is 0.328 e. The van der Waals surface area contributed by atoms with Gasteiger partial charge in [-0.15, -0.1) is 0 Å². The molecule has 0 saturated carbocycles. The van der Waals surface area contributed by atoms with Crippen molar-refractivity contribution in [2.24, 2.45) is 0 Å². The number of nitrogens with one attached hydrogen (secondary N) is 1. The van der Waals surface area contributed by atoms with Crippen LogP contribution in [0.5, 0.6) is 0 Å². The van der Waals surface area contributed by atoms with Crippen molar-refractivity contribution in [2.75, 3.05) is 6.61 Å². The fourth-order valence-corrected chi connectivity index (χ4v) is 3.88. The number of hydrogen-bond donors (Lipinski definition) is 1. The fraction of sp³-hybridized carbons (Fsp3) is 0.217. The average Bonchev–Trinajstić information content (AvgIpc) is 2.67. The molecule has 6 heteroatoms. The maximum absolute atomic E-state index is 12.2. The number of carbonyl (C=O) groups excluding carboxylic acids is 2. The van der Waals surface area contributed by atoms with Gasteiger partial charge >= 0.3 is 5.97 Å². The summed E-state index contributed by atoms with van der Waals surface area (Å²) in [7, 11) is 0. The molecule has 0 bridgehead atoms. The Morgan fingerprint density at radius 3 is 2.31 bits per heavy atom. The van der Waals surface area contributed by atoms with Crippen LogP contribution in [0.25, 0.3) is 21.9 Å². The third kappa shape index (κ3) is 5.08. The van der Waals surface area contributed by atoms with Crippen molar-refractivity contribution in [3.8, 4) is 11.1 Å². The molecule has 1 atom stereocenters. The molecule has 0 aliphatic rings. The monoisotopic (exact) mass is 429 g/mol. The van der Waals surface area contributed by atoms with Crippen LogP contribution in [0.1, 0.15) is 19.4 Å². The summed E-state index contributed by atoms with van der Waals surface area (Å²) in [5.74, 6) is -0.711. The molecule has 1 unspecified atom stereocenters. The van der Waals surface area contributed by atoms with Crippen LogP contribution in [0.2, 0.25) is 10.0 Å². The van der Waals surface area contributed by atoms with E-state index < -0.39 is 12.0 Å². The Morgan fingerprint density at radius 1 is 1.00 bits per heavy atom. The number of hydrogen-bond acceptors (Lipinski definition) is 3. The Morgan fingerprint density at radius 2 is 1.66 bits per heavy atom. The minimum Gasteiger partial charge on any atom is -0.464 e. The number of amides is 1. The molecule has 3 rings (SSSR count). The van der Waals surface area contributed by atoms with Gasteiger partial charge in [0.05, 0.1) is 6.61 Å². The van der Waals surface area contributed by atoms with Crippen LogP contribution in [0.15, 0.2) is 54.6 Å². The van der Waals surface area contributed by atoms with E-state index in [4.69, 9.17) is 27.9 Å². The Bertz CT molecular complexity index is 1040. The molecular weight excluding hydrogens is 409 g/mol. The summed E-state index contributed by atoms with van der Waals surface area (Å²) in [6.07, 6.45) is 0.354. The van der Waals surface area contributed by atoms with Crippen molar-refractivity contribution in [1.29, 1.82) is 0 Å². The van der Waals surface area contributed by atoms with E-state index in [-0.39, 0.29) is 12.5 Å². The first kappa shape index (κ1) is 21.2. The Balaban J connectivity index is 1.90. The molecule has 3 aromatic carbocycles. The minimum atomic E-state index is -0.717. The lowest BCUT2D eigenvalue weighted by Gasteiger charge is -2.17. The molecule has 1 amide bonds. The van der Waals surface area contributed by atoms with Gasteiger partial charge in [-0.3, -0.25) is 4.79 Å². The van der Waals surface area contributed by atoms with E-state index in [0.29, 0.717) is 16.5 Å². The lowest BCUT2D eigenvalue weighted by Crippen LogP contribution is -2.42. The summed E-state index contributed by atoms with van der Waals surface area (Å²) < 4.78 is 5.07. The molecule has 0 aromatic heterocycles. The Labute approximate surface area is 179 Å². The largest absolute Gasteiger partial charge is 0.464 e. The second-order valence-electron chi connectivity index (χ2n) is 6.70. The van der Waals surface area contributed by atoms with Crippen LogP contribution in [-0.2, 0) is 20.7 Å². The van der Waals surface area contributed by atoms with Crippen molar-refractivity contribution < 1.29 is 14.3 Å². The van der Waals surface area contributed by atoms with Gasteiger partial charge in [0.15, 0.2) is 0 Å². The second-order valence-corrected chi connectivity index (χ2v) is 7.52. The normalized spacial score (nSPS) is 11.9. The molecule has 3 aromatic rings. The first-order valence-corrected chi connectivity index (χ1v) is 10.1. The molecule has 0 heterocycles. The number of carbonyl (C=O) groups is 2. The van der Waals surface area contributed by atoms with Crippen LogP contribution in [0.4, 0.5) is 0 Å². The van der Waals surface area contributed by atoms with Gasteiger partial charge in [-0.2, -0.15) is 0 Å². The minimum absolute atomic E-state index is 0.264. The van der Waals surface area contributed by atoms with Crippen LogP contribution in [0.3, 0.4) is 0 Å². The fourth-order valence-electron chi connectivity index (χ4n) is 3.27. The Hall–Kier alpha value is -2.56. The highest BCUT2D eigenvalue weighted by Crippen LogP contribution is 2.36. The van der Waals surface area contributed by atoms with Crippen LogP contribution in [-0.4, -0.2) is 24.5 Å². The summed E-state index contributed by atoms with van der Waals surface area (Å²) >= 11 is 12.7. The highest BCUT2D eigenvalue weighted by Gasteiger charge is 2.21. The van der Waals surface area contributed by atoms with E-state index in [1.165, 1.54) is 6.92 Å². The first-order valence-electron chi connectivity index (χ1n) is 9.30. The predicted octanol–water partition coefficient (Wildman–Crippen LogP) is 5.42. The summed E-state index contributed by atoms with van der Waals surface area (Å²) in [6.45, 7) is 3.38. The zero-order valence-electron chi connectivity index (χ0n) is 16.2. The van der Waals surface area contributed by atoms with E-state index in [1.807, 2.05) is 54.6 Å². The van der Waals surface area contributed by atoms with Gasteiger partial charge in [0, 0.05) is 29.0 Å². The molecular formula is C23H21Cl2NO3. The van der Waals surface area contributed by atoms with E-state index in [2.05, 4.69) is 5.32 Å². The molecule has 0 spiro atoms. The summed E-state index contributed by atoms with van der Waals surface area (Å²) in [5, 5.41) is 5.89. The summed E-state index contributed by atoms with van der Waals surface area (Å²) in [5.41, 5.74) is 2.66. The topological polar surface area (TPSA) is 55.4 Å². The van der Waals surface area contributed by atoms with Gasteiger partial charge in [-0.25, -0.2) is 4.79 Å². The highest BCUT2D eigenvalue weighted by molar-refractivity contribution is 6.39. The summed E-state index contributed by atoms with van der Waals surface area (Å²) in [6, 6.07) is 16.6. The number of fused-ring (bicyclic) bond motifs is 1. The second kappa shape index (κ2) is 9.29. The number of benzene rings is 3. The molecule has 1 N–H and O–H groups in total. The van der Waals surface area contributed by atoms with Gasteiger partial charge in [-0.1, -0.05) is 59.6 Å². The van der Waals surface area contributed by atoms with Gasteiger partial charge in [0.1, 0.15) is 6.04 Å². The average molecular weight is 430 g/mol. The zero-order chi connectivity index (χ0) is 21.0. The van der Waals surface area contributed by atoms with Gasteiger partial charge in [0.2, 0.25) is 5.91 Å². The molecule has 0 aliphatic heterocycles. The number of halogens is 2. The molecule has 150 valence electrons. The predicted molar refractivity (Wildman–Crippen MR) is 117 cm³/mol. The van der Waals surface area contributed by atoms with Crippen LogP contribution in [0, 0.1) is 0 Å². The van der Waals surface area contributed by atoms with Crippen molar-refractivity contribution >= 4 is 45.9 Å². The third-order valence-electron chi connectivity index (χ3n) is 4.54. The quantitative estimate of drug-likeness (QED) is 0.531. The third-order valence-corrected chi connectivity index (χ3v) is 5.17. The van der Waals surface area contributed by atoms with E-state index in [1.54, 1.807) is 6.92 Å². The Kier molecular flexibility index (Phi) is 6.78. The number of esters is 1. The number of rotatable bonds is 6. The van der Waals surface area contributed by atoms with Gasteiger partial charge in [-0.05, 0) is 47.0 Å². The lowest BCUT2D eigenvalue weighted by atomic mass is 9.98. The maximum atomic E-state index is 12.2. The highest BCUT2D eigenvalue weighted by atomic mass is 35.5.